The van der Waals surface area contributed by atoms with Crippen LogP contribution >= 0.6 is 31.9 Å². The second kappa shape index (κ2) is 13.7. The first-order chi connectivity index (χ1) is 22.1. The maximum atomic E-state index is 14.4. The standard InChI is InChI=1S/C18H21BrF4N2O3.C13H13BrF4N2O/c1-15(2,3)28-14(26)24-13-17(5,18(21,22)23)27-9-16(4,25-13)11-8-10(19)6-7-12(11)20;1-11(8-5-7(14)3-4-9(8)15)6-21-12(2,10(19)20-11)13(16,17)18/h6-8H,9H2,1-5H3,(H,24,25,26);3-5H,6H2,1-2H3,(H2,19,20)/t16-,17+;11-,12+/m00/s1. The molecule has 0 fully saturated rings. The molecule has 2 aliphatic rings. The summed E-state index contributed by atoms with van der Waals surface area (Å²) in [4.78, 5) is 20.1. The largest absolute Gasteiger partial charge is 0.444 e. The summed E-state index contributed by atoms with van der Waals surface area (Å²) in [5, 5.41) is 2.04. The lowest BCUT2D eigenvalue weighted by Crippen LogP contribution is -2.62. The lowest BCUT2D eigenvalue weighted by molar-refractivity contribution is -0.250. The Kier molecular flexibility index (Phi) is 11.4. The smallest absolute Gasteiger partial charge is 0.424 e. The number of carbonyl (C=O) groups is 1. The molecule has 4 rings (SSSR count). The van der Waals surface area contributed by atoms with Crippen molar-refractivity contribution in [2.75, 3.05) is 13.2 Å². The van der Waals surface area contributed by atoms with Crippen LogP contribution in [0.25, 0.3) is 0 Å². The van der Waals surface area contributed by atoms with Gasteiger partial charge in [-0.3, -0.25) is 15.3 Å². The second-order valence-electron chi connectivity index (χ2n) is 13.0. The zero-order valence-corrected chi connectivity index (χ0v) is 30.4. The van der Waals surface area contributed by atoms with Crippen molar-refractivity contribution in [3.05, 3.63) is 68.1 Å². The molecule has 8 nitrogen and oxygen atoms in total. The van der Waals surface area contributed by atoms with E-state index in [4.69, 9.17) is 19.9 Å². The summed E-state index contributed by atoms with van der Waals surface area (Å²) < 4.78 is 125. The summed E-state index contributed by atoms with van der Waals surface area (Å²) in [7, 11) is 0. The number of nitrogens with zero attached hydrogens (tertiary/aromatic N) is 2. The highest BCUT2D eigenvalue weighted by atomic mass is 79.9. The SMILES string of the molecule is CC(C)(C)OC(=O)NC1=N[C@](C)(c2cc(Br)ccc2F)CO[C@@]1(C)C(F)(F)F.C[C@@]1(c2cc(Br)ccc2F)CO[C@@](C)(C(F)(F)F)C(N)=N1. The van der Waals surface area contributed by atoms with Crippen LogP contribution in [0.3, 0.4) is 0 Å². The van der Waals surface area contributed by atoms with Crippen molar-refractivity contribution in [3.63, 3.8) is 0 Å². The number of alkyl carbamates (subject to hydrolysis) is 1. The molecule has 0 radical (unpaired) electrons. The topological polar surface area (TPSA) is 108 Å². The molecule has 2 heterocycles. The first-order valence-electron chi connectivity index (χ1n) is 14.4. The summed E-state index contributed by atoms with van der Waals surface area (Å²) in [6, 6.07) is 8.16. The van der Waals surface area contributed by atoms with Crippen LogP contribution in [0.4, 0.5) is 39.9 Å². The number of nitrogens with one attached hydrogen (secondary N) is 1. The number of nitrogens with two attached hydrogens (primary N) is 1. The molecule has 2 aromatic rings. The number of alkyl halides is 6. The Balaban J connectivity index is 0.000000276. The van der Waals surface area contributed by atoms with E-state index < -0.39 is 82.8 Å². The van der Waals surface area contributed by atoms with Crippen molar-refractivity contribution >= 4 is 49.6 Å². The lowest BCUT2D eigenvalue weighted by atomic mass is 9.89. The first kappa shape index (κ1) is 40.6. The third-order valence-electron chi connectivity index (χ3n) is 7.67. The van der Waals surface area contributed by atoms with Crippen molar-refractivity contribution in [2.45, 2.75) is 88.7 Å². The van der Waals surface area contributed by atoms with Gasteiger partial charge in [0.1, 0.15) is 40.0 Å². The predicted octanol–water partition coefficient (Wildman–Crippen LogP) is 8.59. The Morgan fingerprint density at radius 2 is 1.20 bits per heavy atom. The molecule has 2 aromatic carbocycles. The van der Waals surface area contributed by atoms with E-state index in [1.807, 2.05) is 5.32 Å². The normalized spacial score (nSPS) is 27.7. The minimum absolute atomic E-state index is 0.0228. The van der Waals surface area contributed by atoms with Crippen molar-refractivity contribution in [1.29, 1.82) is 0 Å². The van der Waals surface area contributed by atoms with Crippen LogP contribution in [0.5, 0.6) is 0 Å². The van der Waals surface area contributed by atoms with E-state index in [-0.39, 0.29) is 11.1 Å². The Morgan fingerprint density at radius 3 is 1.59 bits per heavy atom. The minimum atomic E-state index is -4.88. The van der Waals surface area contributed by atoms with E-state index in [1.54, 1.807) is 20.8 Å². The number of amidine groups is 2. The predicted molar refractivity (Wildman–Crippen MR) is 172 cm³/mol. The van der Waals surface area contributed by atoms with Gasteiger partial charge in [-0.15, -0.1) is 0 Å². The maximum Gasteiger partial charge on any atom is 0.424 e. The second-order valence-corrected chi connectivity index (χ2v) is 14.9. The van der Waals surface area contributed by atoms with E-state index in [0.717, 1.165) is 13.8 Å². The quantitative estimate of drug-likeness (QED) is 0.295. The average Bonchev–Trinajstić information content (AvgIpc) is 2.94. The summed E-state index contributed by atoms with van der Waals surface area (Å²) in [5.74, 6) is -2.77. The molecule has 0 unspecified atom stereocenters. The Morgan fingerprint density at radius 1 is 0.796 bits per heavy atom. The van der Waals surface area contributed by atoms with Crippen molar-refractivity contribution in [3.8, 4) is 0 Å². The number of amides is 1. The van der Waals surface area contributed by atoms with Crippen LogP contribution in [0, 0.1) is 11.6 Å². The van der Waals surface area contributed by atoms with Crippen LogP contribution in [-0.2, 0) is 25.3 Å². The van der Waals surface area contributed by atoms with Gasteiger partial charge in [-0.05, 0) is 84.9 Å². The Labute approximate surface area is 294 Å². The van der Waals surface area contributed by atoms with E-state index in [2.05, 4.69) is 41.8 Å². The lowest BCUT2D eigenvalue weighted by Gasteiger charge is -2.42. The van der Waals surface area contributed by atoms with Gasteiger partial charge in [0, 0.05) is 20.1 Å². The fourth-order valence-corrected chi connectivity index (χ4v) is 5.31. The number of benzene rings is 2. The van der Waals surface area contributed by atoms with Crippen molar-refractivity contribution in [1.82, 2.24) is 5.32 Å². The van der Waals surface area contributed by atoms with Crippen LogP contribution in [-0.4, -0.2) is 60.1 Å². The van der Waals surface area contributed by atoms with Crippen LogP contribution < -0.4 is 11.1 Å². The zero-order chi connectivity index (χ0) is 37.6. The Hall–Kier alpha value is -2.83. The highest BCUT2D eigenvalue weighted by molar-refractivity contribution is 9.10. The summed E-state index contributed by atoms with van der Waals surface area (Å²) in [6.07, 6.45) is -10.7. The molecule has 0 saturated heterocycles. The van der Waals surface area contributed by atoms with Crippen LogP contribution in [0.1, 0.15) is 59.6 Å². The molecule has 18 heteroatoms. The number of ether oxygens (including phenoxy) is 3. The van der Waals surface area contributed by atoms with Crippen LogP contribution in [0.2, 0.25) is 0 Å². The van der Waals surface area contributed by atoms with Gasteiger partial charge >= 0.3 is 18.4 Å². The molecule has 272 valence electrons. The zero-order valence-electron chi connectivity index (χ0n) is 27.3. The molecule has 0 aromatic heterocycles. The maximum absolute atomic E-state index is 14.4. The van der Waals surface area contributed by atoms with Crippen molar-refractivity contribution < 1.29 is 54.1 Å². The molecule has 0 spiro atoms. The van der Waals surface area contributed by atoms with Gasteiger partial charge in [0.15, 0.2) is 0 Å². The number of aliphatic imine (C=N–C) groups is 2. The Bertz CT molecular complexity index is 1650. The highest BCUT2D eigenvalue weighted by Gasteiger charge is 2.61. The molecule has 49 heavy (non-hydrogen) atoms. The molecule has 4 atom stereocenters. The van der Waals surface area contributed by atoms with Gasteiger partial charge in [-0.1, -0.05) is 31.9 Å². The number of halogens is 10. The monoisotopic (exact) mass is 836 g/mol. The number of hydrogen-bond acceptors (Lipinski definition) is 7. The van der Waals surface area contributed by atoms with Crippen LogP contribution in [0.15, 0.2) is 55.3 Å². The molecule has 2 aliphatic heterocycles. The molecule has 0 aliphatic carbocycles. The summed E-state index contributed by atoms with van der Waals surface area (Å²) in [5.41, 5.74) is -3.68. The fraction of sp³-hybridized carbons (Fsp3) is 0.516. The van der Waals surface area contributed by atoms with Gasteiger partial charge in [0.2, 0.25) is 11.2 Å². The van der Waals surface area contributed by atoms with Gasteiger partial charge in [-0.25, -0.2) is 13.6 Å². The first-order valence-corrected chi connectivity index (χ1v) is 15.9. The van der Waals surface area contributed by atoms with Gasteiger partial charge in [0.25, 0.3) is 0 Å². The summed E-state index contributed by atoms with van der Waals surface area (Å²) in [6.45, 7) is 8.17. The number of hydrogen-bond donors (Lipinski definition) is 2. The molecular formula is C31H34Br2F8N4O4. The van der Waals surface area contributed by atoms with Crippen molar-refractivity contribution in [2.24, 2.45) is 15.7 Å². The third kappa shape index (κ3) is 8.73. The third-order valence-corrected chi connectivity index (χ3v) is 8.66. The molecule has 3 N–H and O–H groups in total. The molecular weight excluding hydrogens is 804 g/mol. The fourth-order valence-electron chi connectivity index (χ4n) is 4.59. The van der Waals surface area contributed by atoms with Gasteiger partial charge in [0.05, 0.1) is 13.2 Å². The number of rotatable bonds is 2. The highest BCUT2D eigenvalue weighted by Crippen LogP contribution is 2.43. The van der Waals surface area contributed by atoms with Gasteiger partial charge < -0.3 is 19.9 Å². The van der Waals surface area contributed by atoms with E-state index >= 15 is 0 Å². The minimum Gasteiger partial charge on any atom is -0.444 e. The van der Waals surface area contributed by atoms with E-state index in [0.29, 0.717) is 8.95 Å². The average molecular weight is 838 g/mol. The molecule has 1 amide bonds. The number of carbonyl (C=O) groups excluding carboxylic acids is 1. The molecule has 0 saturated carbocycles. The molecule has 0 bridgehead atoms. The van der Waals surface area contributed by atoms with Gasteiger partial charge in [-0.2, -0.15) is 26.3 Å². The summed E-state index contributed by atoms with van der Waals surface area (Å²) >= 11 is 6.39. The van der Waals surface area contributed by atoms with E-state index in [1.165, 1.54) is 50.2 Å². The van der Waals surface area contributed by atoms with E-state index in [9.17, 15) is 39.9 Å².